The quantitative estimate of drug-likeness (QED) is 0.589. The van der Waals surface area contributed by atoms with Crippen molar-refractivity contribution in [2.75, 3.05) is 7.11 Å². The lowest BCUT2D eigenvalue weighted by Crippen LogP contribution is -2.53. The van der Waals surface area contributed by atoms with Gasteiger partial charge in [0.15, 0.2) is 0 Å². The molecule has 1 aliphatic heterocycles. The zero-order valence-corrected chi connectivity index (χ0v) is 16.0. The van der Waals surface area contributed by atoms with Crippen LogP contribution in [0.5, 0.6) is 0 Å². The normalized spacial score (nSPS) is 40.0. The van der Waals surface area contributed by atoms with E-state index in [1.54, 1.807) is 6.08 Å². The van der Waals surface area contributed by atoms with Crippen molar-refractivity contribution in [3.8, 4) is 0 Å². The highest BCUT2D eigenvalue weighted by molar-refractivity contribution is 5.90. The van der Waals surface area contributed by atoms with E-state index in [2.05, 4.69) is 13.5 Å². The third-order valence-electron chi connectivity index (χ3n) is 7.27. The van der Waals surface area contributed by atoms with Crippen LogP contribution in [0.2, 0.25) is 0 Å². The van der Waals surface area contributed by atoms with Crippen molar-refractivity contribution in [2.24, 2.45) is 22.7 Å². The van der Waals surface area contributed by atoms with Crippen molar-refractivity contribution in [2.45, 2.75) is 65.1 Å². The number of methoxy groups -OCH3 is 1. The molecule has 0 amide bonds. The molecule has 2 saturated carbocycles. The summed E-state index contributed by atoms with van der Waals surface area (Å²) < 4.78 is 10.2. The van der Waals surface area contributed by atoms with Gasteiger partial charge in [0.1, 0.15) is 0 Å². The molecule has 0 bridgehead atoms. The number of fused-ring (bicyclic) bond motifs is 1. The fourth-order valence-corrected chi connectivity index (χ4v) is 5.79. The van der Waals surface area contributed by atoms with Crippen molar-refractivity contribution in [1.82, 2.24) is 0 Å². The van der Waals surface area contributed by atoms with Gasteiger partial charge < -0.3 is 14.6 Å². The molecule has 1 N–H and O–H groups in total. The van der Waals surface area contributed by atoms with Gasteiger partial charge in [0.05, 0.1) is 5.41 Å². The summed E-state index contributed by atoms with van der Waals surface area (Å²) in [4.78, 5) is 24.0. The predicted octanol–water partition coefficient (Wildman–Crippen LogP) is 4.09. The van der Waals surface area contributed by atoms with Crippen LogP contribution < -0.4 is 0 Å². The predicted molar refractivity (Wildman–Crippen MR) is 97.3 cm³/mol. The third-order valence-corrected chi connectivity index (χ3v) is 7.27. The Morgan fingerprint density at radius 2 is 2.15 bits per heavy atom. The number of allylic oxidation sites excluding steroid dienone is 1. The lowest BCUT2D eigenvalue weighted by atomic mass is 9.46. The van der Waals surface area contributed by atoms with Crippen molar-refractivity contribution in [3.63, 3.8) is 0 Å². The standard InChI is InChI=1S/C21H30O5/c1-13-6-9-16-20(2,10-5-11-21(16,3)19(23)24)15(13)8-7-14-12-17(25-4)26-18(14)22/h12,15-17H,1,5-11H2,2-4H3,(H,23,24)/t15?,16?,17?,20-,21+/m1/s1. The lowest BCUT2D eigenvalue weighted by Gasteiger charge is -2.57. The largest absolute Gasteiger partial charge is 0.481 e. The number of carboxylic acid groups (broad SMARTS) is 1. The summed E-state index contributed by atoms with van der Waals surface area (Å²) in [7, 11) is 1.51. The van der Waals surface area contributed by atoms with Gasteiger partial charge in [0.25, 0.3) is 0 Å². The highest BCUT2D eigenvalue weighted by Crippen LogP contribution is 2.62. The molecule has 5 heteroatoms. The SMILES string of the molecule is C=C1CCC2[C@](C)(CCC[C@]2(C)C(=O)O)C1CCC1=CC(OC)OC1=O. The van der Waals surface area contributed by atoms with E-state index < -0.39 is 17.7 Å². The fraction of sp³-hybridized carbons (Fsp3) is 0.714. The van der Waals surface area contributed by atoms with Gasteiger partial charge in [-0.1, -0.05) is 25.5 Å². The number of carboxylic acids is 1. The summed E-state index contributed by atoms with van der Waals surface area (Å²) >= 11 is 0. The topological polar surface area (TPSA) is 72.8 Å². The number of carbonyl (C=O) groups excluding carboxylic acids is 1. The highest BCUT2D eigenvalue weighted by atomic mass is 16.7. The summed E-state index contributed by atoms with van der Waals surface area (Å²) in [5, 5.41) is 9.89. The zero-order chi connectivity index (χ0) is 19.1. The van der Waals surface area contributed by atoms with Gasteiger partial charge >= 0.3 is 11.9 Å². The summed E-state index contributed by atoms with van der Waals surface area (Å²) in [5.74, 6) is -0.604. The van der Waals surface area contributed by atoms with E-state index >= 15 is 0 Å². The number of rotatable bonds is 5. The Morgan fingerprint density at radius 1 is 1.42 bits per heavy atom. The van der Waals surface area contributed by atoms with Crippen LogP contribution in [0.15, 0.2) is 23.8 Å². The molecule has 1 heterocycles. The summed E-state index contributed by atoms with van der Waals surface area (Å²) in [6, 6.07) is 0. The minimum atomic E-state index is -0.676. The van der Waals surface area contributed by atoms with Gasteiger partial charge in [0.2, 0.25) is 6.29 Å². The van der Waals surface area contributed by atoms with Crippen LogP contribution in [-0.2, 0) is 19.1 Å². The first-order chi connectivity index (χ1) is 12.2. The van der Waals surface area contributed by atoms with Crippen molar-refractivity contribution < 1.29 is 24.2 Å². The number of esters is 1. The molecule has 0 aromatic heterocycles. The maximum Gasteiger partial charge on any atom is 0.336 e. The second-order valence-electron chi connectivity index (χ2n) is 8.62. The molecule has 5 atom stereocenters. The first-order valence-electron chi connectivity index (χ1n) is 9.58. The second kappa shape index (κ2) is 6.84. The number of aliphatic carboxylic acids is 1. The van der Waals surface area contributed by atoms with E-state index in [0.717, 1.165) is 38.5 Å². The lowest BCUT2D eigenvalue weighted by molar-refractivity contribution is -0.164. The maximum atomic E-state index is 12.0. The number of ether oxygens (including phenoxy) is 2. The summed E-state index contributed by atoms with van der Waals surface area (Å²) in [5.41, 5.74) is 1.11. The Kier molecular flexibility index (Phi) is 5.04. The number of hydrogen-bond acceptors (Lipinski definition) is 4. The Balaban J connectivity index is 1.81. The van der Waals surface area contributed by atoms with Crippen LogP contribution in [0.3, 0.4) is 0 Å². The molecule has 0 aromatic carbocycles. The van der Waals surface area contributed by atoms with Gasteiger partial charge in [-0.25, -0.2) is 4.79 Å². The first-order valence-corrected chi connectivity index (χ1v) is 9.58. The molecule has 0 aromatic rings. The molecule has 5 nitrogen and oxygen atoms in total. The Labute approximate surface area is 155 Å². The van der Waals surface area contributed by atoms with Gasteiger partial charge in [-0.3, -0.25) is 4.79 Å². The van der Waals surface area contributed by atoms with Gasteiger partial charge in [-0.2, -0.15) is 0 Å². The van der Waals surface area contributed by atoms with E-state index in [-0.39, 0.29) is 23.2 Å². The van der Waals surface area contributed by atoms with Crippen LogP contribution in [-0.4, -0.2) is 30.4 Å². The van der Waals surface area contributed by atoms with E-state index in [4.69, 9.17) is 9.47 Å². The maximum absolute atomic E-state index is 12.0. The van der Waals surface area contributed by atoms with Gasteiger partial charge in [-0.05, 0) is 68.8 Å². The van der Waals surface area contributed by atoms with Crippen molar-refractivity contribution in [1.29, 1.82) is 0 Å². The molecule has 0 spiro atoms. The third kappa shape index (κ3) is 3.00. The smallest absolute Gasteiger partial charge is 0.336 e. The molecule has 2 aliphatic carbocycles. The molecule has 144 valence electrons. The molecule has 26 heavy (non-hydrogen) atoms. The number of cyclic esters (lactones) is 1. The van der Waals surface area contributed by atoms with E-state index in [0.29, 0.717) is 12.0 Å². The molecule has 2 fully saturated rings. The number of carbonyl (C=O) groups is 2. The average Bonchev–Trinajstić information content (AvgIpc) is 2.94. The van der Waals surface area contributed by atoms with Crippen LogP contribution in [0.1, 0.15) is 58.8 Å². The highest BCUT2D eigenvalue weighted by Gasteiger charge is 2.57. The first kappa shape index (κ1) is 19.2. The Hall–Kier alpha value is -1.62. The summed E-state index contributed by atoms with van der Waals surface area (Å²) in [6.45, 7) is 8.47. The fourth-order valence-electron chi connectivity index (χ4n) is 5.79. The molecular weight excluding hydrogens is 332 g/mol. The monoisotopic (exact) mass is 362 g/mol. The number of hydrogen-bond donors (Lipinski definition) is 1. The molecule has 3 unspecified atom stereocenters. The second-order valence-corrected chi connectivity index (χ2v) is 8.62. The van der Waals surface area contributed by atoms with Gasteiger partial charge in [-0.15, -0.1) is 0 Å². The van der Waals surface area contributed by atoms with Crippen molar-refractivity contribution >= 4 is 11.9 Å². The minimum Gasteiger partial charge on any atom is -0.481 e. The van der Waals surface area contributed by atoms with E-state index in [9.17, 15) is 14.7 Å². The van der Waals surface area contributed by atoms with Crippen LogP contribution in [0, 0.1) is 22.7 Å². The Morgan fingerprint density at radius 3 is 2.77 bits per heavy atom. The van der Waals surface area contributed by atoms with Crippen LogP contribution in [0.4, 0.5) is 0 Å². The average molecular weight is 362 g/mol. The van der Waals surface area contributed by atoms with Crippen LogP contribution in [0.25, 0.3) is 0 Å². The minimum absolute atomic E-state index is 0.0789. The van der Waals surface area contributed by atoms with Gasteiger partial charge in [0, 0.05) is 12.7 Å². The Bertz CT molecular complexity index is 651. The van der Waals surface area contributed by atoms with E-state index in [1.807, 2.05) is 6.92 Å². The summed E-state index contributed by atoms with van der Waals surface area (Å²) in [6.07, 6.45) is 7.05. The van der Waals surface area contributed by atoms with E-state index in [1.165, 1.54) is 12.7 Å². The molecule has 0 radical (unpaired) electrons. The molecule has 3 rings (SSSR count). The van der Waals surface area contributed by atoms with Crippen LogP contribution >= 0.6 is 0 Å². The molecule has 0 saturated heterocycles. The molecular formula is C21H30O5. The zero-order valence-electron chi connectivity index (χ0n) is 16.0. The van der Waals surface area contributed by atoms with Crippen molar-refractivity contribution in [3.05, 3.63) is 23.8 Å². The molecule has 3 aliphatic rings.